The lowest BCUT2D eigenvalue weighted by atomic mass is 9.99. The Morgan fingerprint density at radius 2 is 1.82 bits per heavy atom. The molecule has 1 N–H and O–H groups in total. The van der Waals surface area contributed by atoms with E-state index in [0.29, 0.717) is 24.7 Å². The molecule has 22 heavy (non-hydrogen) atoms. The third-order valence-corrected chi connectivity index (χ3v) is 3.44. The van der Waals surface area contributed by atoms with Gasteiger partial charge in [0.05, 0.1) is 18.1 Å². The predicted molar refractivity (Wildman–Crippen MR) is 80.7 cm³/mol. The number of hydrogen-bond acceptors (Lipinski definition) is 5. The van der Waals surface area contributed by atoms with E-state index in [2.05, 4.69) is 15.3 Å². The summed E-state index contributed by atoms with van der Waals surface area (Å²) in [4.78, 5) is 20.3. The highest BCUT2D eigenvalue weighted by molar-refractivity contribution is 5.92. The number of nitrogens with zero attached hydrogens (tertiary/aromatic N) is 2. The molecule has 6 nitrogen and oxygen atoms in total. The number of amides is 1. The first-order valence-electron chi connectivity index (χ1n) is 7.25. The van der Waals surface area contributed by atoms with Crippen molar-refractivity contribution in [2.45, 2.75) is 12.8 Å². The zero-order chi connectivity index (χ0) is 15.2. The van der Waals surface area contributed by atoms with Gasteiger partial charge in [-0.1, -0.05) is 18.2 Å². The Kier molecular flexibility index (Phi) is 4.60. The van der Waals surface area contributed by atoms with Crippen molar-refractivity contribution < 1.29 is 14.3 Å². The van der Waals surface area contributed by atoms with Crippen molar-refractivity contribution in [2.75, 3.05) is 18.5 Å². The van der Waals surface area contributed by atoms with Crippen molar-refractivity contribution in [2.24, 2.45) is 5.92 Å². The second kappa shape index (κ2) is 7.00. The normalized spacial score (nSPS) is 15.3. The minimum absolute atomic E-state index is 0.00556. The van der Waals surface area contributed by atoms with Crippen molar-refractivity contribution in [1.29, 1.82) is 0 Å². The van der Waals surface area contributed by atoms with Crippen molar-refractivity contribution in [3.63, 3.8) is 0 Å². The minimum atomic E-state index is -0.0105. The van der Waals surface area contributed by atoms with Crippen molar-refractivity contribution in [3.05, 3.63) is 42.7 Å². The SMILES string of the molecule is O=C(Nc1cnc(Oc2ccccc2)nc1)C1CCOCC1. The highest BCUT2D eigenvalue weighted by atomic mass is 16.5. The van der Waals surface area contributed by atoms with Gasteiger partial charge < -0.3 is 14.8 Å². The molecule has 2 aromatic rings. The largest absolute Gasteiger partial charge is 0.424 e. The van der Waals surface area contributed by atoms with Crippen LogP contribution < -0.4 is 10.1 Å². The van der Waals surface area contributed by atoms with Crippen LogP contribution in [0.1, 0.15) is 12.8 Å². The first-order valence-corrected chi connectivity index (χ1v) is 7.25. The molecule has 0 spiro atoms. The van der Waals surface area contributed by atoms with Gasteiger partial charge in [0, 0.05) is 19.1 Å². The molecule has 1 fully saturated rings. The van der Waals surface area contributed by atoms with Gasteiger partial charge in [-0.15, -0.1) is 0 Å². The molecule has 1 aliphatic heterocycles. The first-order chi connectivity index (χ1) is 10.8. The second-order valence-corrected chi connectivity index (χ2v) is 5.05. The zero-order valence-corrected chi connectivity index (χ0v) is 12.1. The van der Waals surface area contributed by atoms with Crippen LogP contribution in [0.3, 0.4) is 0 Å². The Labute approximate surface area is 128 Å². The third-order valence-electron chi connectivity index (χ3n) is 3.44. The fraction of sp³-hybridized carbons (Fsp3) is 0.312. The molecule has 1 aromatic carbocycles. The lowest BCUT2D eigenvalue weighted by Gasteiger charge is -2.20. The van der Waals surface area contributed by atoms with E-state index < -0.39 is 0 Å². The van der Waals surface area contributed by atoms with Gasteiger partial charge in [0.2, 0.25) is 5.91 Å². The fourth-order valence-electron chi connectivity index (χ4n) is 2.23. The monoisotopic (exact) mass is 299 g/mol. The summed E-state index contributed by atoms with van der Waals surface area (Å²) in [6.45, 7) is 1.27. The molecular formula is C16H17N3O3. The number of aromatic nitrogens is 2. The number of carbonyl (C=O) groups is 1. The van der Waals surface area contributed by atoms with Gasteiger partial charge in [0.25, 0.3) is 0 Å². The molecule has 0 radical (unpaired) electrons. The average molecular weight is 299 g/mol. The standard InChI is InChI=1S/C16H17N3O3/c20-15(12-6-8-21-9-7-12)19-13-10-17-16(18-11-13)22-14-4-2-1-3-5-14/h1-5,10-12H,6-9H2,(H,19,20). The molecule has 2 heterocycles. The maximum Gasteiger partial charge on any atom is 0.322 e. The molecule has 6 heteroatoms. The van der Waals surface area contributed by atoms with E-state index in [9.17, 15) is 4.79 Å². The molecule has 1 saturated heterocycles. The van der Waals surface area contributed by atoms with E-state index in [-0.39, 0.29) is 17.8 Å². The molecular weight excluding hydrogens is 282 g/mol. The number of hydrogen-bond donors (Lipinski definition) is 1. The van der Waals surface area contributed by atoms with Gasteiger partial charge in [-0.05, 0) is 25.0 Å². The fourth-order valence-corrected chi connectivity index (χ4v) is 2.23. The number of nitrogens with one attached hydrogen (secondary N) is 1. The van der Waals surface area contributed by atoms with Gasteiger partial charge in [-0.2, -0.15) is 0 Å². The lowest BCUT2D eigenvalue weighted by molar-refractivity contribution is -0.122. The summed E-state index contributed by atoms with van der Waals surface area (Å²) in [6, 6.07) is 9.54. The Balaban J connectivity index is 1.58. The molecule has 0 atom stereocenters. The predicted octanol–water partition coefficient (Wildman–Crippen LogP) is 2.63. The topological polar surface area (TPSA) is 73.3 Å². The molecule has 1 aromatic heterocycles. The van der Waals surface area contributed by atoms with Gasteiger partial charge in [-0.25, -0.2) is 9.97 Å². The van der Waals surface area contributed by atoms with E-state index in [1.54, 1.807) is 12.4 Å². The molecule has 1 aliphatic rings. The van der Waals surface area contributed by atoms with E-state index >= 15 is 0 Å². The Morgan fingerprint density at radius 1 is 1.14 bits per heavy atom. The van der Waals surface area contributed by atoms with Crippen LogP contribution in [0, 0.1) is 5.92 Å². The van der Waals surface area contributed by atoms with Gasteiger partial charge in [0.15, 0.2) is 0 Å². The summed E-state index contributed by atoms with van der Waals surface area (Å²) < 4.78 is 10.8. The molecule has 1 amide bonds. The van der Waals surface area contributed by atoms with E-state index in [4.69, 9.17) is 9.47 Å². The number of para-hydroxylation sites is 1. The smallest absolute Gasteiger partial charge is 0.322 e. The maximum atomic E-state index is 12.1. The van der Waals surface area contributed by atoms with Crippen molar-refractivity contribution in [1.82, 2.24) is 9.97 Å². The van der Waals surface area contributed by atoms with Crippen LogP contribution in [0.2, 0.25) is 0 Å². The van der Waals surface area contributed by atoms with Crippen molar-refractivity contribution in [3.8, 4) is 11.8 Å². The summed E-state index contributed by atoms with van der Waals surface area (Å²) in [7, 11) is 0. The third kappa shape index (κ3) is 3.79. The minimum Gasteiger partial charge on any atom is -0.424 e. The van der Waals surface area contributed by atoms with Crippen LogP contribution in [-0.2, 0) is 9.53 Å². The van der Waals surface area contributed by atoms with E-state index in [1.807, 2.05) is 30.3 Å². The number of benzene rings is 1. The second-order valence-electron chi connectivity index (χ2n) is 5.05. The molecule has 0 aliphatic carbocycles. The summed E-state index contributed by atoms with van der Waals surface area (Å²) in [5, 5.41) is 2.83. The quantitative estimate of drug-likeness (QED) is 0.939. The van der Waals surface area contributed by atoms with Crippen molar-refractivity contribution >= 4 is 11.6 Å². The number of ether oxygens (including phenoxy) is 2. The molecule has 114 valence electrons. The van der Waals surface area contributed by atoms with Crippen LogP contribution in [0.15, 0.2) is 42.7 Å². The Hall–Kier alpha value is -2.47. The van der Waals surface area contributed by atoms with Gasteiger partial charge >= 0.3 is 6.01 Å². The number of carbonyl (C=O) groups excluding carboxylic acids is 1. The van der Waals surface area contributed by atoms with E-state index in [0.717, 1.165) is 12.8 Å². The summed E-state index contributed by atoms with van der Waals surface area (Å²) in [5.41, 5.74) is 0.567. The molecule has 0 saturated carbocycles. The number of rotatable bonds is 4. The van der Waals surface area contributed by atoms with Crippen LogP contribution in [0.5, 0.6) is 11.8 Å². The maximum absolute atomic E-state index is 12.1. The highest BCUT2D eigenvalue weighted by Gasteiger charge is 2.21. The number of anilines is 1. The lowest BCUT2D eigenvalue weighted by Crippen LogP contribution is -2.28. The van der Waals surface area contributed by atoms with Crippen LogP contribution in [-0.4, -0.2) is 29.1 Å². The van der Waals surface area contributed by atoms with Gasteiger partial charge in [-0.3, -0.25) is 4.79 Å². The Morgan fingerprint density at radius 3 is 2.50 bits per heavy atom. The average Bonchev–Trinajstić information content (AvgIpc) is 2.58. The summed E-state index contributed by atoms with van der Waals surface area (Å²) >= 11 is 0. The van der Waals surface area contributed by atoms with E-state index in [1.165, 1.54) is 0 Å². The van der Waals surface area contributed by atoms with Crippen LogP contribution in [0.25, 0.3) is 0 Å². The first kappa shape index (κ1) is 14.5. The summed E-state index contributed by atoms with van der Waals surface area (Å²) in [5.74, 6) is 0.652. The zero-order valence-electron chi connectivity index (χ0n) is 12.1. The molecule has 3 rings (SSSR count). The summed E-state index contributed by atoms with van der Waals surface area (Å²) in [6.07, 6.45) is 4.59. The molecule has 0 bridgehead atoms. The highest BCUT2D eigenvalue weighted by Crippen LogP contribution is 2.19. The van der Waals surface area contributed by atoms with Crippen LogP contribution >= 0.6 is 0 Å². The Bertz CT molecular complexity index is 610. The van der Waals surface area contributed by atoms with Gasteiger partial charge in [0.1, 0.15) is 5.75 Å². The molecule has 0 unspecified atom stereocenters. The van der Waals surface area contributed by atoms with Crippen LogP contribution in [0.4, 0.5) is 5.69 Å².